The van der Waals surface area contributed by atoms with Crippen LogP contribution in [0.2, 0.25) is 0 Å². The Labute approximate surface area is 184 Å². The molecule has 0 bridgehead atoms. The maximum atomic E-state index is 12.5. The lowest BCUT2D eigenvalue weighted by Crippen LogP contribution is -2.35. The average Bonchev–Trinajstić information content (AvgIpc) is 3.32. The summed E-state index contributed by atoms with van der Waals surface area (Å²) in [5, 5.41) is 10.3. The summed E-state index contributed by atoms with van der Waals surface area (Å²) >= 11 is 0. The Kier molecular flexibility index (Phi) is 7.34. The maximum Gasteiger partial charge on any atom is 0.315 e. The second kappa shape index (κ2) is 10.8. The molecule has 162 valence electrons. The van der Waals surface area contributed by atoms with Crippen LogP contribution in [0.3, 0.4) is 0 Å². The van der Waals surface area contributed by atoms with Crippen LogP contribution in [0.4, 0.5) is 4.79 Å². The monoisotopic (exact) mass is 417 g/mol. The quantitative estimate of drug-likeness (QED) is 0.584. The first-order valence-electron chi connectivity index (χ1n) is 11.1. The normalized spacial score (nSPS) is 14.3. The van der Waals surface area contributed by atoms with E-state index < -0.39 is 0 Å². The summed E-state index contributed by atoms with van der Waals surface area (Å²) in [5.41, 5.74) is 4.73. The standard InChI is InChI=1S/C25H31N5O/c31-25(27-18-22-10-3-5-12-24(22)20-30-16-8-13-28-30)26-17-21-9-2-4-11-23(21)19-29-14-6-1-7-15-29/h2-5,8-13,16H,1,6-7,14-15,17-20H2,(H2,26,27,31). The van der Waals surface area contributed by atoms with Crippen LogP contribution >= 0.6 is 0 Å². The Morgan fingerprint density at radius 2 is 1.35 bits per heavy atom. The molecule has 0 unspecified atom stereocenters. The van der Waals surface area contributed by atoms with E-state index in [9.17, 15) is 4.79 Å². The molecule has 2 amide bonds. The molecule has 6 heteroatoms. The van der Waals surface area contributed by atoms with E-state index in [1.807, 2.05) is 41.2 Å². The molecule has 1 aromatic heterocycles. The number of aromatic nitrogens is 2. The molecule has 31 heavy (non-hydrogen) atoms. The number of piperidine rings is 1. The molecule has 0 aliphatic carbocycles. The van der Waals surface area contributed by atoms with E-state index >= 15 is 0 Å². The number of nitrogens with zero attached hydrogens (tertiary/aromatic N) is 3. The van der Waals surface area contributed by atoms with E-state index in [0.717, 1.165) is 17.7 Å². The van der Waals surface area contributed by atoms with Gasteiger partial charge in [0.25, 0.3) is 0 Å². The van der Waals surface area contributed by atoms with E-state index in [4.69, 9.17) is 0 Å². The van der Waals surface area contributed by atoms with Crippen molar-refractivity contribution in [2.45, 2.75) is 45.4 Å². The smallest absolute Gasteiger partial charge is 0.315 e. The minimum absolute atomic E-state index is 0.151. The van der Waals surface area contributed by atoms with Gasteiger partial charge in [-0.25, -0.2) is 4.79 Å². The van der Waals surface area contributed by atoms with Gasteiger partial charge in [0.05, 0.1) is 6.54 Å². The van der Waals surface area contributed by atoms with Crippen LogP contribution in [0.5, 0.6) is 0 Å². The number of likely N-dealkylation sites (tertiary alicyclic amines) is 1. The van der Waals surface area contributed by atoms with Gasteiger partial charge >= 0.3 is 6.03 Å². The fraction of sp³-hybridized carbons (Fsp3) is 0.360. The highest BCUT2D eigenvalue weighted by molar-refractivity contribution is 5.73. The topological polar surface area (TPSA) is 62.2 Å². The molecule has 2 heterocycles. The van der Waals surface area contributed by atoms with Gasteiger partial charge in [-0.05, 0) is 54.3 Å². The van der Waals surface area contributed by atoms with E-state index in [2.05, 4.69) is 44.9 Å². The minimum atomic E-state index is -0.151. The van der Waals surface area contributed by atoms with Gasteiger partial charge in [-0.3, -0.25) is 9.58 Å². The van der Waals surface area contributed by atoms with Gasteiger partial charge in [-0.15, -0.1) is 0 Å². The van der Waals surface area contributed by atoms with Crippen LogP contribution in [-0.2, 0) is 26.2 Å². The summed E-state index contributed by atoms with van der Waals surface area (Å²) in [5.74, 6) is 0. The van der Waals surface area contributed by atoms with Crippen LogP contribution in [-0.4, -0.2) is 33.8 Å². The van der Waals surface area contributed by atoms with Crippen molar-refractivity contribution in [3.05, 3.63) is 89.2 Å². The molecule has 0 spiro atoms. The number of benzene rings is 2. The van der Waals surface area contributed by atoms with Crippen LogP contribution < -0.4 is 10.6 Å². The van der Waals surface area contributed by atoms with E-state index in [-0.39, 0.29) is 6.03 Å². The molecule has 1 aliphatic heterocycles. The Morgan fingerprint density at radius 1 is 0.774 bits per heavy atom. The third-order valence-electron chi connectivity index (χ3n) is 5.85. The fourth-order valence-electron chi connectivity index (χ4n) is 4.11. The molecule has 2 N–H and O–H groups in total. The number of amides is 2. The third-order valence-corrected chi connectivity index (χ3v) is 5.85. The molecule has 1 saturated heterocycles. The molecular weight excluding hydrogens is 386 g/mol. The number of urea groups is 1. The van der Waals surface area contributed by atoms with Gasteiger partial charge in [0, 0.05) is 32.0 Å². The maximum absolute atomic E-state index is 12.5. The average molecular weight is 418 g/mol. The summed E-state index contributed by atoms with van der Waals surface area (Å²) in [6.07, 6.45) is 7.62. The molecule has 1 aliphatic rings. The first kappa shape index (κ1) is 21.1. The summed E-state index contributed by atoms with van der Waals surface area (Å²) in [6, 6.07) is 18.3. The molecule has 0 radical (unpaired) electrons. The molecule has 4 rings (SSSR count). The molecule has 3 aromatic rings. The molecule has 0 atom stereocenters. The van der Waals surface area contributed by atoms with Crippen LogP contribution in [0.15, 0.2) is 67.0 Å². The number of hydrogen-bond donors (Lipinski definition) is 2. The Morgan fingerprint density at radius 3 is 1.94 bits per heavy atom. The lowest BCUT2D eigenvalue weighted by atomic mass is 10.0. The summed E-state index contributed by atoms with van der Waals surface area (Å²) in [4.78, 5) is 15.0. The molecule has 1 fully saturated rings. The van der Waals surface area contributed by atoms with Crippen molar-refractivity contribution in [2.24, 2.45) is 0 Å². The largest absolute Gasteiger partial charge is 0.334 e. The van der Waals surface area contributed by atoms with Gasteiger partial charge in [0.2, 0.25) is 0 Å². The van der Waals surface area contributed by atoms with Crippen LogP contribution in [0.1, 0.15) is 41.5 Å². The number of carbonyl (C=O) groups excluding carboxylic acids is 1. The molecule has 2 aromatic carbocycles. The van der Waals surface area contributed by atoms with Crippen LogP contribution in [0, 0.1) is 0 Å². The number of nitrogens with one attached hydrogen (secondary N) is 2. The predicted molar refractivity (Wildman–Crippen MR) is 122 cm³/mol. The number of carbonyl (C=O) groups is 1. The predicted octanol–water partition coefficient (Wildman–Crippen LogP) is 3.92. The van der Waals surface area contributed by atoms with Gasteiger partial charge < -0.3 is 10.6 Å². The molecule has 6 nitrogen and oxygen atoms in total. The number of rotatable bonds is 8. The zero-order valence-corrected chi connectivity index (χ0v) is 18.0. The Balaban J connectivity index is 1.29. The summed E-state index contributed by atoms with van der Waals surface area (Å²) < 4.78 is 1.89. The zero-order chi connectivity index (χ0) is 21.3. The SMILES string of the molecule is O=C(NCc1ccccc1CN1CCCCC1)NCc1ccccc1Cn1cccn1. The van der Waals surface area contributed by atoms with Crippen molar-refractivity contribution < 1.29 is 4.79 Å². The van der Waals surface area contributed by atoms with Crippen molar-refractivity contribution >= 4 is 6.03 Å². The van der Waals surface area contributed by atoms with Crippen molar-refractivity contribution in [1.29, 1.82) is 0 Å². The zero-order valence-electron chi connectivity index (χ0n) is 18.0. The first-order valence-corrected chi connectivity index (χ1v) is 11.1. The van der Waals surface area contributed by atoms with Gasteiger partial charge in [-0.2, -0.15) is 5.10 Å². The fourth-order valence-corrected chi connectivity index (χ4v) is 4.11. The van der Waals surface area contributed by atoms with Gasteiger partial charge in [0.1, 0.15) is 0 Å². The van der Waals surface area contributed by atoms with Crippen molar-refractivity contribution in [2.75, 3.05) is 13.1 Å². The van der Waals surface area contributed by atoms with Gasteiger partial charge in [-0.1, -0.05) is 55.0 Å². The Hall–Kier alpha value is -3.12. The minimum Gasteiger partial charge on any atom is -0.334 e. The van der Waals surface area contributed by atoms with E-state index in [0.29, 0.717) is 19.6 Å². The van der Waals surface area contributed by atoms with E-state index in [1.165, 1.54) is 43.5 Å². The Bertz CT molecular complexity index is 964. The highest BCUT2D eigenvalue weighted by Gasteiger charge is 2.13. The summed E-state index contributed by atoms with van der Waals surface area (Å²) in [7, 11) is 0. The lowest BCUT2D eigenvalue weighted by molar-refractivity contribution is 0.220. The van der Waals surface area contributed by atoms with Gasteiger partial charge in [0.15, 0.2) is 0 Å². The second-order valence-corrected chi connectivity index (χ2v) is 8.11. The second-order valence-electron chi connectivity index (χ2n) is 8.11. The third kappa shape index (κ3) is 6.18. The van der Waals surface area contributed by atoms with Crippen molar-refractivity contribution in [3.63, 3.8) is 0 Å². The van der Waals surface area contributed by atoms with E-state index in [1.54, 1.807) is 6.20 Å². The molecular formula is C25H31N5O. The highest BCUT2D eigenvalue weighted by atomic mass is 16.2. The number of hydrogen-bond acceptors (Lipinski definition) is 3. The van der Waals surface area contributed by atoms with Crippen molar-refractivity contribution in [1.82, 2.24) is 25.3 Å². The highest BCUT2D eigenvalue weighted by Crippen LogP contribution is 2.16. The first-order chi connectivity index (χ1) is 15.3. The molecule has 0 saturated carbocycles. The van der Waals surface area contributed by atoms with Crippen molar-refractivity contribution in [3.8, 4) is 0 Å². The lowest BCUT2D eigenvalue weighted by Gasteiger charge is -2.27. The van der Waals surface area contributed by atoms with Crippen LogP contribution in [0.25, 0.3) is 0 Å². The summed E-state index contributed by atoms with van der Waals surface area (Å²) in [6.45, 7) is 5.00.